The molecule has 1 amide bonds. The molecule has 138 valence electrons. The smallest absolute Gasteiger partial charge is 0.337 e. The topological polar surface area (TPSA) is 104 Å². The second kappa shape index (κ2) is 8.72. The van der Waals surface area contributed by atoms with Crippen LogP contribution in [0.2, 0.25) is 0 Å². The summed E-state index contributed by atoms with van der Waals surface area (Å²) in [7, 11) is 0. The minimum Gasteiger partial charge on any atom is -0.337 e. The van der Waals surface area contributed by atoms with Crippen molar-refractivity contribution in [3.05, 3.63) is 46.4 Å². The zero-order valence-corrected chi connectivity index (χ0v) is 16.0. The fraction of sp³-hybridized carbons (Fsp3) is 0.444. The van der Waals surface area contributed by atoms with Gasteiger partial charge in [0.15, 0.2) is 5.16 Å². The number of rotatable bonds is 8. The lowest BCUT2D eigenvalue weighted by molar-refractivity contribution is -0.120. The van der Waals surface area contributed by atoms with Crippen LogP contribution in [0.4, 0.5) is 0 Å². The normalized spacial score (nSPS) is 13.2. The first-order chi connectivity index (χ1) is 12.4. The van der Waals surface area contributed by atoms with E-state index in [1.54, 1.807) is 6.92 Å². The van der Waals surface area contributed by atoms with Crippen molar-refractivity contribution < 1.29 is 4.79 Å². The lowest BCUT2D eigenvalue weighted by Gasteiger charge is -2.27. The van der Waals surface area contributed by atoms with Crippen molar-refractivity contribution in [1.29, 1.82) is 5.26 Å². The Bertz CT molecular complexity index is 837. The number of carbonyl (C=O) groups excluding carboxylic acids is 1. The van der Waals surface area contributed by atoms with Crippen LogP contribution < -0.4 is 11.0 Å². The Hall–Kier alpha value is -2.53. The molecule has 0 bridgehead atoms. The molecule has 0 saturated carbocycles. The predicted molar refractivity (Wildman–Crippen MR) is 101 cm³/mol. The molecule has 2 rings (SSSR count). The summed E-state index contributed by atoms with van der Waals surface area (Å²) in [5.41, 5.74) is -0.0974. The zero-order chi connectivity index (χ0) is 19.2. The molecular weight excluding hydrogens is 350 g/mol. The Morgan fingerprint density at radius 1 is 1.42 bits per heavy atom. The largest absolute Gasteiger partial charge is 0.343 e. The molecule has 0 aliphatic carbocycles. The van der Waals surface area contributed by atoms with Crippen LogP contribution in [-0.2, 0) is 17.8 Å². The number of amides is 1. The van der Waals surface area contributed by atoms with E-state index >= 15 is 0 Å². The third-order valence-corrected chi connectivity index (χ3v) is 5.28. The zero-order valence-electron chi connectivity index (χ0n) is 15.2. The molecule has 0 saturated heterocycles. The minimum absolute atomic E-state index is 0.0177. The summed E-state index contributed by atoms with van der Waals surface area (Å²) in [6, 6.07) is 12.0. The number of carbonyl (C=O) groups is 1. The molecule has 1 heterocycles. The van der Waals surface area contributed by atoms with E-state index in [1.807, 2.05) is 44.2 Å². The summed E-state index contributed by atoms with van der Waals surface area (Å²) in [4.78, 5) is 24.1. The van der Waals surface area contributed by atoms with Crippen LogP contribution in [0.1, 0.15) is 26.3 Å². The third-order valence-electron chi connectivity index (χ3n) is 4.31. The number of hydrogen-bond donors (Lipinski definition) is 2. The number of thioether (sulfide) groups is 1. The molecule has 0 spiro atoms. The molecule has 0 radical (unpaired) electrons. The molecule has 0 aliphatic rings. The van der Waals surface area contributed by atoms with E-state index in [4.69, 9.17) is 0 Å². The predicted octanol–water partition coefficient (Wildman–Crippen LogP) is 1.96. The average molecular weight is 373 g/mol. The fourth-order valence-electron chi connectivity index (χ4n) is 2.25. The van der Waals surface area contributed by atoms with Crippen molar-refractivity contribution in [1.82, 2.24) is 20.1 Å². The molecular formula is C18H23N5O2S. The Kier molecular flexibility index (Phi) is 6.64. The molecule has 0 fully saturated rings. The quantitative estimate of drug-likeness (QED) is 0.689. The highest BCUT2D eigenvalue weighted by Gasteiger charge is 2.30. The highest BCUT2D eigenvalue weighted by atomic mass is 32.2. The maximum atomic E-state index is 12.2. The van der Waals surface area contributed by atoms with Crippen LogP contribution in [-0.4, -0.2) is 32.0 Å². The van der Waals surface area contributed by atoms with Gasteiger partial charge in [-0.05, 0) is 24.8 Å². The number of nitrogens with zero attached hydrogens (tertiary/aromatic N) is 3. The summed E-state index contributed by atoms with van der Waals surface area (Å²) in [5.74, 6) is -0.201. The molecule has 1 aromatic carbocycles. The van der Waals surface area contributed by atoms with E-state index in [2.05, 4.69) is 21.6 Å². The molecule has 7 nitrogen and oxygen atoms in total. The van der Waals surface area contributed by atoms with Crippen LogP contribution in [0.25, 0.3) is 0 Å². The first-order valence-electron chi connectivity index (χ1n) is 8.40. The SMILES string of the molecule is CC(C)C(C)(C#N)NC(=O)CSc1n[nH]c(=O)n1CCc1ccccc1. The van der Waals surface area contributed by atoms with E-state index in [-0.39, 0.29) is 23.3 Å². The van der Waals surface area contributed by atoms with E-state index in [1.165, 1.54) is 16.3 Å². The maximum absolute atomic E-state index is 12.2. The van der Waals surface area contributed by atoms with E-state index in [9.17, 15) is 14.9 Å². The number of aromatic amines is 1. The third kappa shape index (κ3) is 4.99. The fourth-order valence-corrected chi connectivity index (χ4v) is 3.03. The highest BCUT2D eigenvalue weighted by molar-refractivity contribution is 7.99. The van der Waals surface area contributed by atoms with Crippen molar-refractivity contribution >= 4 is 17.7 Å². The van der Waals surface area contributed by atoms with Gasteiger partial charge in [0.25, 0.3) is 0 Å². The Morgan fingerprint density at radius 2 is 2.12 bits per heavy atom. The van der Waals surface area contributed by atoms with Crippen LogP contribution in [0, 0.1) is 17.2 Å². The van der Waals surface area contributed by atoms with Gasteiger partial charge in [-0.15, -0.1) is 5.10 Å². The van der Waals surface area contributed by atoms with Crippen LogP contribution in [0.3, 0.4) is 0 Å². The minimum atomic E-state index is -0.920. The Balaban J connectivity index is 1.97. The number of H-pyrrole nitrogens is 1. The summed E-state index contributed by atoms with van der Waals surface area (Å²) >= 11 is 1.17. The molecule has 2 N–H and O–H groups in total. The van der Waals surface area contributed by atoms with Gasteiger partial charge in [-0.2, -0.15) is 5.26 Å². The number of nitriles is 1. The van der Waals surface area contributed by atoms with Gasteiger partial charge in [0.1, 0.15) is 5.54 Å². The number of hydrogen-bond acceptors (Lipinski definition) is 5. The monoisotopic (exact) mass is 373 g/mol. The van der Waals surface area contributed by atoms with Crippen LogP contribution in [0.5, 0.6) is 0 Å². The van der Waals surface area contributed by atoms with E-state index in [0.717, 1.165) is 5.56 Å². The van der Waals surface area contributed by atoms with Gasteiger partial charge in [0.05, 0.1) is 11.8 Å². The summed E-state index contributed by atoms with van der Waals surface area (Å²) in [6.07, 6.45) is 0.694. The molecule has 2 aromatic rings. The van der Waals surface area contributed by atoms with Gasteiger partial charge in [-0.3, -0.25) is 9.36 Å². The standard InChI is InChI=1S/C18H23N5O2S/c1-13(2)18(3,12-19)20-15(24)11-26-17-22-21-16(25)23(17)10-9-14-7-5-4-6-8-14/h4-8,13H,9-11H2,1-3H3,(H,20,24)(H,21,25). The highest BCUT2D eigenvalue weighted by Crippen LogP contribution is 2.17. The number of aromatic nitrogens is 3. The lowest BCUT2D eigenvalue weighted by atomic mass is 9.90. The van der Waals surface area contributed by atoms with Gasteiger partial charge in [-0.1, -0.05) is 55.9 Å². The van der Waals surface area contributed by atoms with Crippen molar-refractivity contribution in [3.63, 3.8) is 0 Å². The summed E-state index contributed by atoms with van der Waals surface area (Å²) in [6.45, 7) is 5.94. The molecule has 26 heavy (non-hydrogen) atoms. The number of aryl methyl sites for hydroxylation is 1. The first kappa shape index (κ1) is 19.8. The number of nitrogens with one attached hydrogen (secondary N) is 2. The van der Waals surface area contributed by atoms with Crippen LogP contribution in [0.15, 0.2) is 40.3 Å². The number of benzene rings is 1. The average Bonchev–Trinajstić information content (AvgIpc) is 2.98. The van der Waals surface area contributed by atoms with E-state index in [0.29, 0.717) is 18.1 Å². The van der Waals surface area contributed by atoms with Gasteiger partial charge in [0.2, 0.25) is 5.91 Å². The van der Waals surface area contributed by atoms with Crippen molar-refractivity contribution in [3.8, 4) is 6.07 Å². The van der Waals surface area contributed by atoms with Crippen molar-refractivity contribution in [2.45, 2.75) is 44.4 Å². The molecule has 0 aliphatic heterocycles. The van der Waals surface area contributed by atoms with Gasteiger partial charge in [-0.25, -0.2) is 9.89 Å². The first-order valence-corrected chi connectivity index (χ1v) is 9.38. The molecule has 1 atom stereocenters. The van der Waals surface area contributed by atoms with E-state index < -0.39 is 5.54 Å². The second-order valence-electron chi connectivity index (χ2n) is 6.50. The van der Waals surface area contributed by atoms with Crippen LogP contribution >= 0.6 is 11.8 Å². The van der Waals surface area contributed by atoms with Gasteiger partial charge >= 0.3 is 5.69 Å². The second-order valence-corrected chi connectivity index (χ2v) is 7.45. The van der Waals surface area contributed by atoms with Crippen molar-refractivity contribution in [2.75, 3.05) is 5.75 Å². The lowest BCUT2D eigenvalue weighted by Crippen LogP contribution is -2.49. The summed E-state index contributed by atoms with van der Waals surface area (Å²) < 4.78 is 1.52. The van der Waals surface area contributed by atoms with Gasteiger partial charge in [0, 0.05) is 6.54 Å². The van der Waals surface area contributed by atoms with Gasteiger partial charge < -0.3 is 5.32 Å². The molecule has 1 aromatic heterocycles. The Labute approximate surface area is 156 Å². The van der Waals surface area contributed by atoms with Crippen molar-refractivity contribution in [2.24, 2.45) is 5.92 Å². The molecule has 1 unspecified atom stereocenters. The molecule has 8 heteroatoms. The Morgan fingerprint density at radius 3 is 2.73 bits per heavy atom. The maximum Gasteiger partial charge on any atom is 0.343 e. The summed E-state index contributed by atoms with van der Waals surface area (Å²) in [5, 5.41) is 18.9.